The third-order valence-electron chi connectivity index (χ3n) is 4.08. The van der Waals surface area contributed by atoms with E-state index in [-0.39, 0.29) is 17.8 Å². The number of rotatable bonds is 3. The Morgan fingerprint density at radius 2 is 2.04 bits per heavy atom. The first-order chi connectivity index (χ1) is 11.1. The van der Waals surface area contributed by atoms with Crippen LogP contribution in [0.2, 0.25) is 0 Å². The molecule has 10 heteroatoms. The lowest BCUT2D eigenvalue weighted by molar-refractivity contribution is 0.268. The Labute approximate surface area is 129 Å². The van der Waals surface area contributed by atoms with Gasteiger partial charge in [0, 0.05) is 20.1 Å². The minimum atomic E-state index is -0.411. The van der Waals surface area contributed by atoms with Gasteiger partial charge in [-0.1, -0.05) is 5.21 Å². The number of aryl methyl sites for hydroxylation is 2. The van der Waals surface area contributed by atoms with Crippen LogP contribution < -0.4 is 11.2 Å². The number of hydrogen-bond donors (Lipinski definition) is 1. The molecule has 0 amide bonds. The van der Waals surface area contributed by atoms with Crippen LogP contribution in [0, 0.1) is 0 Å². The van der Waals surface area contributed by atoms with Crippen LogP contribution in [-0.2, 0) is 26.7 Å². The number of aromatic nitrogens is 7. The topological polar surface area (TPSA) is 113 Å². The number of aliphatic hydroxyl groups excluding tert-OH is 1. The van der Waals surface area contributed by atoms with Crippen molar-refractivity contribution in [3.63, 3.8) is 0 Å². The van der Waals surface area contributed by atoms with Gasteiger partial charge in [0.2, 0.25) is 0 Å². The Hall–Kier alpha value is -2.75. The van der Waals surface area contributed by atoms with Crippen LogP contribution in [0.15, 0.2) is 15.8 Å². The van der Waals surface area contributed by atoms with E-state index < -0.39 is 5.56 Å². The van der Waals surface area contributed by atoms with Crippen LogP contribution in [0.3, 0.4) is 0 Å². The largest absolute Gasteiger partial charge is 0.394 e. The number of aliphatic hydroxyl groups is 1. The molecule has 0 saturated heterocycles. The molecule has 120 valence electrons. The van der Waals surface area contributed by atoms with Crippen LogP contribution >= 0.6 is 0 Å². The number of nitrogens with zero attached hydrogens (tertiary/aromatic N) is 7. The summed E-state index contributed by atoms with van der Waals surface area (Å²) in [5.74, 6) is 0.514. The maximum Gasteiger partial charge on any atom is 0.332 e. The molecule has 0 aliphatic carbocycles. The molecule has 3 aromatic heterocycles. The lowest BCUT2D eigenvalue weighted by Gasteiger charge is -2.18. The zero-order chi connectivity index (χ0) is 16.1. The van der Waals surface area contributed by atoms with E-state index in [1.807, 2.05) is 4.57 Å². The second-order valence-electron chi connectivity index (χ2n) is 5.50. The summed E-state index contributed by atoms with van der Waals surface area (Å²) in [7, 11) is 1.46. The Morgan fingerprint density at radius 3 is 2.83 bits per heavy atom. The zero-order valence-electron chi connectivity index (χ0n) is 12.5. The summed E-state index contributed by atoms with van der Waals surface area (Å²) in [5, 5.41) is 17.0. The molecule has 1 N–H and O–H groups in total. The van der Waals surface area contributed by atoms with Crippen molar-refractivity contribution in [2.75, 3.05) is 6.61 Å². The van der Waals surface area contributed by atoms with Crippen LogP contribution in [0.4, 0.5) is 0 Å². The second kappa shape index (κ2) is 4.88. The van der Waals surface area contributed by atoms with E-state index in [1.165, 1.54) is 11.7 Å². The van der Waals surface area contributed by atoms with Crippen LogP contribution in [0.1, 0.15) is 6.42 Å². The van der Waals surface area contributed by atoms with Gasteiger partial charge < -0.3 is 9.67 Å². The van der Waals surface area contributed by atoms with Crippen molar-refractivity contribution in [1.29, 1.82) is 0 Å². The van der Waals surface area contributed by atoms with Gasteiger partial charge in [-0.25, -0.2) is 14.5 Å². The van der Waals surface area contributed by atoms with E-state index in [1.54, 1.807) is 10.8 Å². The first-order valence-electron chi connectivity index (χ1n) is 7.33. The molecule has 4 rings (SSSR count). The van der Waals surface area contributed by atoms with Gasteiger partial charge in [-0.15, -0.1) is 5.10 Å². The summed E-state index contributed by atoms with van der Waals surface area (Å²) < 4.78 is 6.01. The Balaban J connectivity index is 2.02. The molecule has 23 heavy (non-hydrogen) atoms. The molecule has 10 nitrogen and oxygen atoms in total. The molecule has 3 aromatic rings. The monoisotopic (exact) mass is 317 g/mol. The summed E-state index contributed by atoms with van der Waals surface area (Å²) in [6.45, 7) is 1.51. The highest BCUT2D eigenvalue weighted by Crippen LogP contribution is 2.23. The van der Waals surface area contributed by atoms with Crippen molar-refractivity contribution >= 4 is 11.2 Å². The Morgan fingerprint density at radius 1 is 1.26 bits per heavy atom. The van der Waals surface area contributed by atoms with Crippen molar-refractivity contribution in [3.05, 3.63) is 27.0 Å². The second-order valence-corrected chi connectivity index (χ2v) is 5.50. The lowest BCUT2D eigenvalue weighted by atomic mass is 10.3. The summed E-state index contributed by atoms with van der Waals surface area (Å²) in [6, 6.07) is 0. The first-order valence-corrected chi connectivity index (χ1v) is 7.33. The van der Waals surface area contributed by atoms with Gasteiger partial charge in [0.25, 0.3) is 5.56 Å². The Kier molecular flexibility index (Phi) is 2.94. The maximum atomic E-state index is 12.3. The molecule has 0 radical (unpaired) electrons. The molecule has 4 heterocycles. The highest BCUT2D eigenvalue weighted by atomic mass is 16.3. The van der Waals surface area contributed by atoms with Crippen LogP contribution in [0.25, 0.3) is 22.7 Å². The van der Waals surface area contributed by atoms with E-state index >= 15 is 0 Å². The molecule has 0 saturated carbocycles. The quantitative estimate of drug-likeness (QED) is 0.632. The van der Waals surface area contributed by atoms with Crippen molar-refractivity contribution < 1.29 is 5.11 Å². The predicted octanol–water partition coefficient (Wildman–Crippen LogP) is -1.45. The fraction of sp³-hybridized carbons (Fsp3) is 0.462. The van der Waals surface area contributed by atoms with Crippen molar-refractivity contribution in [1.82, 2.24) is 33.7 Å². The third-order valence-corrected chi connectivity index (χ3v) is 4.08. The average molecular weight is 317 g/mol. The molecule has 1 aliphatic rings. The van der Waals surface area contributed by atoms with Gasteiger partial charge in [-0.2, -0.15) is 0 Å². The highest BCUT2D eigenvalue weighted by Gasteiger charge is 2.24. The summed E-state index contributed by atoms with van der Waals surface area (Å²) in [5.41, 5.74) is 0.567. The minimum Gasteiger partial charge on any atom is -0.394 e. The number of hydrogen-bond acceptors (Lipinski definition) is 6. The smallest absolute Gasteiger partial charge is 0.332 e. The van der Waals surface area contributed by atoms with Gasteiger partial charge in [0.1, 0.15) is 5.69 Å². The number of imidazole rings is 1. The van der Waals surface area contributed by atoms with Crippen molar-refractivity contribution in [2.45, 2.75) is 26.1 Å². The highest BCUT2D eigenvalue weighted by molar-refractivity contribution is 5.76. The lowest BCUT2D eigenvalue weighted by Crippen LogP contribution is -2.40. The average Bonchev–Trinajstić information content (AvgIpc) is 3.16. The van der Waals surface area contributed by atoms with Crippen LogP contribution in [-0.4, -0.2) is 45.4 Å². The van der Waals surface area contributed by atoms with E-state index in [0.717, 1.165) is 11.0 Å². The molecule has 0 spiro atoms. The summed E-state index contributed by atoms with van der Waals surface area (Å²) in [6.07, 6.45) is 2.44. The predicted molar refractivity (Wildman–Crippen MR) is 80.0 cm³/mol. The van der Waals surface area contributed by atoms with Gasteiger partial charge in [-0.05, 0) is 6.42 Å². The maximum absolute atomic E-state index is 12.3. The summed E-state index contributed by atoms with van der Waals surface area (Å²) >= 11 is 0. The Bertz CT molecular complexity index is 1020. The molecular formula is C13H15N7O3. The standard InChI is InChI=1S/C13H15N7O3/c1-17-12(22)9-11-19(3-2-4-20(11)13(17)23)10(14-9)8-7-18(5-6-21)16-15-8/h7,21H,2-6H2,1H3. The molecule has 1 aliphatic heterocycles. The van der Waals surface area contributed by atoms with E-state index in [4.69, 9.17) is 5.11 Å². The third kappa shape index (κ3) is 1.88. The van der Waals surface area contributed by atoms with Gasteiger partial charge in [-0.3, -0.25) is 13.9 Å². The van der Waals surface area contributed by atoms with E-state index in [9.17, 15) is 9.59 Å². The van der Waals surface area contributed by atoms with Gasteiger partial charge in [0.15, 0.2) is 17.0 Å². The molecule has 0 atom stereocenters. The fourth-order valence-corrected chi connectivity index (χ4v) is 2.99. The van der Waals surface area contributed by atoms with E-state index in [0.29, 0.717) is 36.8 Å². The first kappa shape index (κ1) is 13.9. The van der Waals surface area contributed by atoms with Gasteiger partial charge >= 0.3 is 5.69 Å². The van der Waals surface area contributed by atoms with Crippen molar-refractivity contribution in [3.8, 4) is 11.5 Å². The molecular weight excluding hydrogens is 302 g/mol. The van der Waals surface area contributed by atoms with E-state index in [2.05, 4.69) is 15.3 Å². The normalized spacial score (nSPS) is 13.8. The molecule has 0 unspecified atom stereocenters. The molecule has 0 fully saturated rings. The molecule has 0 aromatic carbocycles. The fourth-order valence-electron chi connectivity index (χ4n) is 2.99. The van der Waals surface area contributed by atoms with Gasteiger partial charge in [0.05, 0.1) is 19.3 Å². The summed E-state index contributed by atoms with van der Waals surface area (Å²) in [4.78, 5) is 29.0. The van der Waals surface area contributed by atoms with Crippen LogP contribution in [0.5, 0.6) is 0 Å². The van der Waals surface area contributed by atoms with Crippen molar-refractivity contribution in [2.24, 2.45) is 7.05 Å². The zero-order valence-corrected chi connectivity index (χ0v) is 12.5. The minimum absolute atomic E-state index is 0.0424. The molecule has 0 bridgehead atoms. The SMILES string of the molecule is Cn1c(=O)c2nc(-c3cn(CCO)nn3)n3c2n(c1=O)CCC3.